The molecule has 0 radical (unpaired) electrons. The zero-order valence-corrected chi connectivity index (χ0v) is 16.7. The molecule has 1 atom stereocenters. The second kappa shape index (κ2) is 8.31. The third-order valence-corrected chi connectivity index (χ3v) is 6.59. The van der Waals surface area contributed by atoms with Gasteiger partial charge in [0.05, 0.1) is 11.5 Å². The molecule has 0 spiro atoms. The molecule has 1 amide bonds. The molecule has 0 saturated carbocycles. The van der Waals surface area contributed by atoms with Crippen LogP contribution in [0.15, 0.2) is 48.5 Å². The van der Waals surface area contributed by atoms with E-state index in [1.165, 1.54) is 0 Å². The van der Waals surface area contributed by atoms with Crippen LogP contribution in [0.4, 0.5) is 0 Å². The van der Waals surface area contributed by atoms with Crippen LogP contribution in [0.1, 0.15) is 17.5 Å². The number of carbonyl (C=O) groups is 1. The second-order valence-corrected chi connectivity index (χ2v) is 9.48. The third-order valence-electron chi connectivity index (χ3n) is 4.59. The SMILES string of the molecule is Cc1cccc(OCC(=O)N(Cc2ccc(Cl)cc2)[C@@H]2CCS(=O)(=O)C2)c1. The summed E-state index contributed by atoms with van der Waals surface area (Å²) in [5, 5.41) is 0.614. The van der Waals surface area contributed by atoms with Crippen molar-refractivity contribution in [1.82, 2.24) is 4.90 Å². The van der Waals surface area contributed by atoms with Gasteiger partial charge < -0.3 is 9.64 Å². The van der Waals surface area contributed by atoms with Gasteiger partial charge in [0.1, 0.15) is 5.75 Å². The number of aryl methyl sites for hydroxylation is 1. The molecule has 0 aliphatic carbocycles. The summed E-state index contributed by atoms with van der Waals surface area (Å²) >= 11 is 5.93. The van der Waals surface area contributed by atoms with E-state index in [4.69, 9.17) is 16.3 Å². The smallest absolute Gasteiger partial charge is 0.261 e. The largest absolute Gasteiger partial charge is 0.484 e. The number of rotatable bonds is 6. The molecule has 1 aliphatic rings. The maximum atomic E-state index is 12.9. The average molecular weight is 408 g/mol. The van der Waals surface area contributed by atoms with Gasteiger partial charge in [-0.15, -0.1) is 0 Å². The van der Waals surface area contributed by atoms with Crippen LogP contribution >= 0.6 is 11.6 Å². The Balaban J connectivity index is 1.73. The Kier molecular flexibility index (Phi) is 6.07. The number of amides is 1. The predicted molar refractivity (Wildman–Crippen MR) is 106 cm³/mol. The minimum absolute atomic E-state index is 0.00320. The molecule has 1 saturated heterocycles. The standard InChI is InChI=1S/C20H22ClNO4S/c1-15-3-2-4-19(11-15)26-13-20(23)22(18-9-10-27(24,25)14-18)12-16-5-7-17(21)8-6-16/h2-8,11,18H,9-10,12-14H2,1H3/t18-/m1/s1. The third kappa shape index (κ3) is 5.47. The topological polar surface area (TPSA) is 63.7 Å². The number of benzene rings is 2. The fraction of sp³-hybridized carbons (Fsp3) is 0.350. The highest BCUT2D eigenvalue weighted by molar-refractivity contribution is 7.91. The number of halogens is 1. The van der Waals surface area contributed by atoms with Gasteiger partial charge in [-0.1, -0.05) is 35.9 Å². The molecule has 1 fully saturated rings. The number of nitrogens with zero attached hydrogens (tertiary/aromatic N) is 1. The highest BCUT2D eigenvalue weighted by Gasteiger charge is 2.34. The first-order chi connectivity index (χ1) is 12.8. The number of hydrogen-bond donors (Lipinski definition) is 0. The maximum Gasteiger partial charge on any atom is 0.261 e. The Morgan fingerprint density at radius 3 is 2.59 bits per heavy atom. The van der Waals surface area contributed by atoms with Gasteiger partial charge in [-0.05, 0) is 48.7 Å². The van der Waals surface area contributed by atoms with E-state index in [2.05, 4.69) is 0 Å². The number of sulfone groups is 1. The number of hydrogen-bond acceptors (Lipinski definition) is 4. The lowest BCUT2D eigenvalue weighted by Crippen LogP contribution is -2.43. The lowest BCUT2D eigenvalue weighted by atomic mass is 10.1. The van der Waals surface area contributed by atoms with Crippen LogP contribution in [-0.4, -0.2) is 43.4 Å². The van der Waals surface area contributed by atoms with Crippen molar-refractivity contribution < 1.29 is 17.9 Å². The van der Waals surface area contributed by atoms with Crippen LogP contribution in [0.3, 0.4) is 0 Å². The van der Waals surface area contributed by atoms with E-state index in [9.17, 15) is 13.2 Å². The molecule has 0 aromatic heterocycles. The molecule has 1 aliphatic heterocycles. The summed E-state index contributed by atoms with van der Waals surface area (Å²) in [7, 11) is -3.10. The molecule has 2 aromatic rings. The first-order valence-electron chi connectivity index (χ1n) is 8.76. The minimum Gasteiger partial charge on any atom is -0.484 e. The summed E-state index contributed by atoms with van der Waals surface area (Å²) in [6, 6.07) is 14.3. The van der Waals surface area contributed by atoms with E-state index in [-0.39, 0.29) is 30.1 Å². The molecule has 3 rings (SSSR count). The van der Waals surface area contributed by atoms with E-state index in [0.29, 0.717) is 23.7 Å². The van der Waals surface area contributed by atoms with Gasteiger partial charge in [-0.25, -0.2) is 8.42 Å². The van der Waals surface area contributed by atoms with E-state index in [0.717, 1.165) is 11.1 Å². The van der Waals surface area contributed by atoms with E-state index < -0.39 is 9.84 Å². The Morgan fingerprint density at radius 1 is 1.22 bits per heavy atom. The van der Waals surface area contributed by atoms with Crippen molar-refractivity contribution in [3.63, 3.8) is 0 Å². The van der Waals surface area contributed by atoms with Gasteiger partial charge in [0.15, 0.2) is 16.4 Å². The quantitative estimate of drug-likeness (QED) is 0.737. The summed E-state index contributed by atoms with van der Waals surface area (Å²) in [5.41, 5.74) is 1.94. The molecule has 0 N–H and O–H groups in total. The van der Waals surface area contributed by atoms with Gasteiger partial charge in [0.25, 0.3) is 5.91 Å². The lowest BCUT2D eigenvalue weighted by Gasteiger charge is -2.28. The second-order valence-electron chi connectivity index (χ2n) is 6.81. The molecule has 0 unspecified atom stereocenters. The normalized spacial score (nSPS) is 18.2. The molecular weight excluding hydrogens is 386 g/mol. The Hall–Kier alpha value is -2.05. The molecule has 144 valence electrons. The molecule has 1 heterocycles. The zero-order chi connectivity index (χ0) is 19.4. The van der Waals surface area contributed by atoms with Crippen molar-refractivity contribution >= 4 is 27.3 Å². The summed E-state index contributed by atoms with van der Waals surface area (Å²) in [6.07, 6.45) is 0.451. The van der Waals surface area contributed by atoms with Crippen molar-refractivity contribution in [2.75, 3.05) is 18.1 Å². The molecular formula is C20H22ClNO4S. The molecule has 5 nitrogen and oxygen atoms in total. The fourth-order valence-corrected chi connectivity index (χ4v) is 5.02. The Morgan fingerprint density at radius 2 is 1.96 bits per heavy atom. The summed E-state index contributed by atoms with van der Waals surface area (Å²) in [5.74, 6) is 0.500. The van der Waals surface area contributed by atoms with Gasteiger partial charge in [-0.3, -0.25) is 4.79 Å². The molecule has 7 heteroatoms. The van der Waals surface area contributed by atoms with Crippen molar-refractivity contribution in [1.29, 1.82) is 0 Å². The van der Waals surface area contributed by atoms with Crippen molar-refractivity contribution in [3.8, 4) is 5.75 Å². The summed E-state index contributed by atoms with van der Waals surface area (Å²) in [6.45, 7) is 2.14. The maximum absolute atomic E-state index is 12.9. The highest BCUT2D eigenvalue weighted by atomic mass is 35.5. The van der Waals surface area contributed by atoms with E-state index in [1.54, 1.807) is 23.1 Å². The Bertz CT molecular complexity index is 912. The first-order valence-corrected chi connectivity index (χ1v) is 11.0. The fourth-order valence-electron chi connectivity index (χ4n) is 3.16. The van der Waals surface area contributed by atoms with Gasteiger partial charge in [0, 0.05) is 17.6 Å². The lowest BCUT2D eigenvalue weighted by molar-refractivity contribution is -0.136. The number of ether oxygens (including phenoxy) is 1. The number of carbonyl (C=O) groups excluding carboxylic acids is 1. The monoisotopic (exact) mass is 407 g/mol. The first kappa shape index (κ1) is 19.7. The molecule has 0 bridgehead atoms. The van der Waals surface area contributed by atoms with Gasteiger partial charge in [-0.2, -0.15) is 0 Å². The summed E-state index contributed by atoms with van der Waals surface area (Å²) in [4.78, 5) is 14.5. The van der Waals surface area contributed by atoms with Gasteiger partial charge >= 0.3 is 0 Å². The van der Waals surface area contributed by atoms with E-state index >= 15 is 0 Å². The van der Waals surface area contributed by atoms with Crippen LogP contribution in [0, 0.1) is 6.92 Å². The van der Waals surface area contributed by atoms with Crippen LogP contribution in [0.2, 0.25) is 5.02 Å². The Labute approximate surface area is 164 Å². The van der Waals surface area contributed by atoms with E-state index in [1.807, 2.05) is 37.3 Å². The highest BCUT2D eigenvalue weighted by Crippen LogP contribution is 2.22. The van der Waals surface area contributed by atoms with Gasteiger partial charge in [0.2, 0.25) is 0 Å². The molecule has 27 heavy (non-hydrogen) atoms. The predicted octanol–water partition coefficient (Wildman–Crippen LogP) is 3.24. The van der Waals surface area contributed by atoms with Crippen LogP contribution in [0.25, 0.3) is 0 Å². The van der Waals surface area contributed by atoms with Crippen molar-refractivity contribution in [3.05, 3.63) is 64.7 Å². The minimum atomic E-state index is -3.10. The summed E-state index contributed by atoms with van der Waals surface area (Å²) < 4.78 is 29.4. The zero-order valence-electron chi connectivity index (χ0n) is 15.1. The average Bonchev–Trinajstić information content (AvgIpc) is 2.99. The van der Waals surface area contributed by atoms with Crippen LogP contribution in [-0.2, 0) is 21.2 Å². The van der Waals surface area contributed by atoms with Crippen LogP contribution < -0.4 is 4.74 Å². The van der Waals surface area contributed by atoms with Crippen molar-refractivity contribution in [2.45, 2.75) is 25.9 Å². The van der Waals surface area contributed by atoms with Crippen molar-refractivity contribution in [2.24, 2.45) is 0 Å². The van der Waals surface area contributed by atoms with Crippen LogP contribution in [0.5, 0.6) is 5.75 Å². The molecule has 2 aromatic carbocycles.